The third-order valence-electron chi connectivity index (χ3n) is 4.10. The molecule has 29 heavy (non-hydrogen) atoms. The highest BCUT2D eigenvalue weighted by atomic mass is 19.4. The lowest BCUT2D eigenvalue weighted by atomic mass is 10.1. The molecule has 1 heterocycles. The van der Waals surface area contributed by atoms with Crippen LogP contribution in [0, 0.1) is 0 Å². The van der Waals surface area contributed by atoms with Gasteiger partial charge in [0.15, 0.2) is 0 Å². The molecule has 0 aliphatic carbocycles. The van der Waals surface area contributed by atoms with Crippen molar-refractivity contribution in [1.82, 2.24) is 15.1 Å². The summed E-state index contributed by atoms with van der Waals surface area (Å²) in [5.41, 5.74) is 0.875. The molecule has 3 rings (SSSR count). The van der Waals surface area contributed by atoms with E-state index in [1.807, 2.05) is 0 Å². The van der Waals surface area contributed by atoms with Crippen LogP contribution in [0.5, 0.6) is 0 Å². The lowest BCUT2D eigenvalue weighted by Crippen LogP contribution is -2.26. The summed E-state index contributed by atoms with van der Waals surface area (Å²) >= 11 is 0. The SMILES string of the molecule is CN(CCc1nnc(-c2ccccc2Nc2ccc(C(F)(F)F)cc2)o1)C(=O)O. The first-order chi connectivity index (χ1) is 13.7. The molecule has 0 unspecified atom stereocenters. The normalized spacial score (nSPS) is 11.3. The zero-order valence-corrected chi connectivity index (χ0v) is 15.3. The number of likely N-dealkylation sites (N-methyl/N-ethyl adjacent to an activating group) is 1. The van der Waals surface area contributed by atoms with Gasteiger partial charge in [0.25, 0.3) is 0 Å². The highest BCUT2D eigenvalue weighted by molar-refractivity contribution is 5.76. The van der Waals surface area contributed by atoms with Gasteiger partial charge in [-0.3, -0.25) is 0 Å². The Hall–Kier alpha value is -3.56. The maximum absolute atomic E-state index is 12.7. The first-order valence-electron chi connectivity index (χ1n) is 8.54. The van der Waals surface area contributed by atoms with E-state index in [0.29, 0.717) is 16.9 Å². The fourth-order valence-electron chi connectivity index (χ4n) is 2.50. The topological polar surface area (TPSA) is 91.5 Å². The van der Waals surface area contributed by atoms with Gasteiger partial charge in [-0.1, -0.05) is 12.1 Å². The van der Waals surface area contributed by atoms with Crippen LogP contribution in [0.3, 0.4) is 0 Å². The number of carbonyl (C=O) groups is 1. The second-order valence-electron chi connectivity index (χ2n) is 6.20. The molecule has 0 radical (unpaired) electrons. The minimum atomic E-state index is -4.40. The summed E-state index contributed by atoms with van der Waals surface area (Å²) < 4.78 is 43.7. The van der Waals surface area contributed by atoms with Crippen molar-refractivity contribution >= 4 is 17.5 Å². The summed E-state index contributed by atoms with van der Waals surface area (Å²) in [4.78, 5) is 11.9. The van der Waals surface area contributed by atoms with Crippen molar-refractivity contribution in [2.45, 2.75) is 12.6 Å². The van der Waals surface area contributed by atoms with E-state index in [1.165, 1.54) is 19.2 Å². The van der Waals surface area contributed by atoms with Crippen molar-refractivity contribution in [3.63, 3.8) is 0 Å². The lowest BCUT2D eigenvalue weighted by Gasteiger charge is -2.11. The zero-order chi connectivity index (χ0) is 21.0. The minimum Gasteiger partial charge on any atom is -0.465 e. The summed E-state index contributed by atoms with van der Waals surface area (Å²) in [5.74, 6) is 0.491. The maximum Gasteiger partial charge on any atom is 0.416 e. The number of alkyl halides is 3. The molecule has 2 aromatic carbocycles. The molecule has 0 atom stereocenters. The van der Waals surface area contributed by atoms with Gasteiger partial charge in [0, 0.05) is 25.7 Å². The number of hydrogen-bond acceptors (Lipinski definition) is 5. The molecule has 0 spiro atoms. The monoisotopic (exact) mass is 406 g/mol. The van der Waals surface area contributed by atoms with Crippen LogP contribution in [0.25, 0.3) is 11.5 Å². The van der Waals surface area contributed by atoms with Gasteiger partial charge in [-0.2, -0.15) is 13.2 Å². The van der Waals surface area contributed by atoms with E-state index in [-0.39, 0.29) is 24.7 Å². The second-order valence-corrected chi connectivity index (χ2v) is 6.20. The average Bonchev–Trinajstić information content (AvgIpc) is 3.15. The summed E-state index contributed by atoms with van der Waals surface area (Å²) in [6, 6.07) is 11.6. The number of benzene rings is 2. The lowest BCUT2D eigenvalue weighted by molar-refractivity contribution is -0.137. The summed E-state index contributed by atoms with van der Waals surface area (Å²) in [7, 11) is 1.43. The van der Waals surface area contributed by atoms with Gasteiger partial charge in [-0.05, 0) is 36.4 Å². The van der Waals surface area contributed by atoms with Gasteiger partial charge in [0.1, 0.15) is 0 Å². The Balaban J connectivity index is 1.77. The molecular weight excluding hydrogens is 389 g/mol. The first kappa shape index (κ1) is 20.2. The molecule has 1 aromatic heterocycles. The Kier molecular flexibility index (Phi) is 5.71. The van der Waals surface area contributed by atoms with E-state index >= 15 is 0 Å². The predicted molar refractivity (Wildman–Crippen MR) is 98.8 cm³/mol. The van der Waals surface area contributed by atoms with Crippen molar-refractivity contribution in [1.29, 1.82) is 0 Å². The number of rotatable bonds is 6. The first-order valence-corrected chi connectivity index (χ1v) is 8.54. The van der Waals surface area contributed by atoms with Gasteiger partial charge in [-0.15, -0.1) is 10.2 Å². The standard InChI is InChI=1S/C19H17F3N4O3/c1-26(18(27)28)11-10-16-24-25-17(29-16)14-4-2-3-5-15(14)23-13-8-6-12(7-9-13)19(20,21)22/h2-9,23H,10-11H2,1H3,(H,27,28). The molecule has 7 nitrogen and oxygen atoms in total. The number of halogens is 3. The van der Waals surface area contributed by atoms with Gasteiger partial charge in [0.05, 0.1) is 16.8 Å². The molecule has 2 N–H and O–H groups in total. The fourth-order valence-corrected chi connectivity index (χ4v) is 2.50. The quantitative estimate of drug-likeness (QED) is 0.619. The van der Waals surface area contributed by atoms with Crippen molar-refractivity contribution in [3.05, 3.63) is 60.0 Å². The van der Waals surface area contributed by atoms with Gasteiger partial charge < -0.3 is 19.7 Å². The Bertz CT molecular complexity index is 987. The van der Waals surface area contributed by atoms with Crippen LogP contribution >= 0.6 is 0 Å². The van der Waals surface area contributed by atoms with Gasteiger partial charge in [-0.25, -0.2) is 4.79 Å². The van der Waals surface area contributed by atoms with Crippen LogP contribution < -0.4 is 5.32 Å². The molecule has 0 fully saturated rings. The molecule has 0 aliphatic rings. The van der Waals surface area contributed by atoms with E-state index in [9.17, 15) is 18.0 Å². The van der Waals surface area contributed by atoms with Crippen molar-refractivity contribution in [2.75, 3.05) is 18.9 Å². The van der Waals surface area contributed by atoms with Crippen LogP contribution in [0.2, 0.25) is 0 Å². The van der Waals surface area contributed by atoms with E-state index in [0.717, 1.165) is 17.0 Å². The number of aromatic nitrogens is 2. The fraction of sp³-hybridized carbons (Fsp3) is 0.211. The van der Waals surface area contributed by atoms with Crippen molar-refractivity contribution in [2.24, 2.45) is 0 Å². The third kappa shape index (κ3) is 5.03. The summed E-state index contributed by atoms with van der Waals surface area (Å²) in [6.07, 6.45) is -5.20. The highest BCUT2D eigenvalue weighted by Crippen LogP contribution is 2.32. The highest BCUT2D eigenvalue weighted by Gasteiger charge is 2.30. The average molecular weight is 406 g/mol. The van der Waals surface area contributed by atoms with Crippen molar-refractivity contribution in [3.8, 4) is 11.5 Å². The molecule has 1 amide bonds. The predicted octanol–water partition coefficient (Wildman–Crippen LogP) is 4.65. The number of hydrogen-bond donors (Lipinski definition) is 2. The zero-order valence-electron chi connectivity index (χ0n) is 15.3. The van der Waals surface area contributed by atoms with Gasteiger partial charge in [0.2, 0.25) is 11.8 Å². The summed E-state index contributed by atoms with van der Waals surface area (Å²) in [6.45, 7) is 0.197. The number of carboxylic acid groups (broad SMARTS) is 1. The third-order valence-corrected chi connectivity index (χ3v) is 4.10. The number of nitrogens with zero attached hydrogens (tertiary/aromatic N) is 3. The largest absolute Gasteiger partial charge is 0.465 e. The Morgan fingerprint density at radius 2 is 1.83 bits per heavy atom. The van der Waals surface area contributed by atoms with Crippen molar-refractivity contribution < 1.29 is 27.5 Å². The smallest absolute Gasteiger partial charge is 0.416 e. The van der Waals surface area contributed by atoms with Crippen LogP contribution in [-0.2, 0) is 12.6 Å². The van der Waals surface area contributed by atoms with E-state index < -0.39 is 17.8 Å². The Labute approximate surface area is 163 Å². The molecular formula is C19H17F3N4O3. The maximum atomic E-state index is 12.7. The Morgan fingerprint density at radius 3 is 2.48 bits per heavy atom. The number of para-hydroxylation sites is 1. The second kappa shape index (κ2) is 8.21. The van der Waals surface area contributed by atoms with Crippen LogP contribution in [0.1, 0.15) is 11.5 Å². The molecule has 0 saturated carbocycles. The van der Waals surface area contributed by atoms with Gasteiger partial charge >= 0.3 is 12.3 Å². The number of amides is 1. The number of anilines is 2. The molecule has 0 bridgehead atoms. The molecule has 10 heteroatoms. The van der Waals surface area contributed by atoms with Crippen LogP contribution in [0.4, 0.5) is 29.3 Å². The van der Waals surface area contributed by atoms with E-state index in [4.69, 9.17) is 9.52 Å². The Morgan fingerprint density at radius 1 is 1.14 bits per heavy atom. The molecule has 0 aliphatic heterocycles. The summed E-state index contributed by atoms with van der Waals surface area (Å²) in [5, 5.41) is 19.8. The molecule has 0 saturated heterocycles. The van der Waals surface area contributed by atoms with Crippen LogP contribution in [-0.4, -0.2) is 39.9 Å². The minimum absolute atomic E-state index is 0.197. The number of nitrogens with one attached hydrogen (secondary N) is 1. The van der Waals surface area contributed by atoms with E-state index in [1.54, 1.807) is 24.3 Å². The molecule has 152 valence electrons. The van der Waals surface area contributed by atoms with E-state index in [2.05, 4.69) is 15.5 Å². The molecule has 3 aromatic rings. The van der Waals surface area contributed by atoms with Crippen LogP contribution in [0.15, 0.2) is 52.9 Å².